The molecular formula is C23H28N10O7S2. The third-order valence-electron chi connectivity index (χ3n) is 7.07. The predicted molar refractivity (Wildman–Crippen MR) is 151 cm³/mol. The van der Waals surface area contributed by atoms with E-state index in [0.717, 1.165) is 0 Å². The first-order valence-electron chi connectivity index (χ1n) is 12.7. The van der Waals surface area contributed by atoms with E-state index >= 15 is 0 Å². The minimum Gasteiger partial charge on any atom is -0.424 e. The average Bonchev–Trinajstić information content (AvgIpc) is 3.78. The molecular weight excluding hydrogens is 592 g/mol. The van der Waals surface area contributed by atoms with Crippen LogP contribution in [0.25, 0.3) is 22.3 Å². The van der Waals surface area contributed by atoms with Crippen LogP contribution in [0.3, 0.4) is 0 Å². The molecule has 4 aromatic heterocycles. The summed E-state index contributed by atoms with van der Waals surface area (Å²) in [6, 6.07) is 0. The molecule has 19 heteroatoms. The molecule has 6 N–H and O–H groups in total. The summed E-state index contributed by atoms with van der Waals surface area (Å²) in [5.41, 5.74) is 13.5. The van der Waals surface area contributed by atoms with E-state index in [-0.39, 0.29) is 11.9 Å². The quantitative estimate of drug-likeness (QED) is 0.207. The normalized spacial score (nSPS) is 30.2. The number of aliphatic hydroxyl groups is 2. The van der Waals surface area contributed by atoms with Crippen molar-refractivity contribution in [3.63, 3.8) is 0 Å². The van der Waals surface area contributed by atoms with Crippen LogP contribution in [0.4, 0.5) is 16.4 Å². The van der Waals surface area contributed by atoms with Gasteiger partial charge >= 0.3 is 6.16 Å². The second kappa shape index (κ2) is 11.7. The Balaban J connectivity index is 0.000000151. The Bertz CT molecular complexity index is 1590. The molecule has 0 saturated carbocycles. The van der Waals surface area contributed by atoms with Crippen LogP contribution in [-0.2, 0) is 18.9 Å². The standard InChI is InChI=1S/C12H13N5O4S.C11H15N5O3S/c1-22-2-5-7-8(21-12(18)20-7)11(19-5)17-4-16-6-9(13)14-3-15-10(6)17;1-20-2-5-7(17)8(18)11(19-5)16-4-15-6-9(12)13-3-14-10(6)16/h3-5,7-8,11H,2H2,1H3,(H2,13,14,15);3-5,7-8,11,17-18H,2H2,1H3,(H2,12,13,14)/t2*5-,7-,8-,11-/m11/s1. The van der Waals surface area contributed by atoms with Gasteiger partial charge in [-0.05, 0) is 12.5 Å². The van der Waals surface area contributed by atoms with Crippen LogP contribution in [0, 0.1) is 0 Å². The van der Waals surface area contributed by atoms with Gasteiger partial charge in [-0.3, -0.25) is 9.13 Å². The van der Waals surface area contributed by atoms with Gasteiger partial charge in [0.1, 0.15) is 42.0 Å². The number of rotatable bonds is 6. The molecule has 0 radical (unpaired) electrons. The van der Waals surface area contributed by atoms with Gasteiger partial charge < -0.3 is 40.6 Å². The number of nitrogens with zero attached hydrogens (tertiary/aromatic N) is 8. The molecule has 3 aliphatic rings. The lowest BCUT2D eigenvalue weighted by atomic mass is 10.1. The Morgan fingerprint density at radius 1 is 0.762 bits per heavy atom. The number of fused-ring (bicyclic) bond motifs is 3. The molecule has 0 amide bonds. The Morgan fingerprint density at radius 3 is 1.88 bits per heavy atom. The van der Waals surface area contributed by atoms with E-state index in [9.17, 15) is 15.0 Å². The van der Waals surface area contributed by atoms with Crippen LogP contribution in [0.5, 0.6) is 0 Å². The molecule has 0 spiro atoms. The molecule has 17 nitrogen and oxygen atoms in total. The first-order valence-corrected chi connectivity index (χ1v) is 15.5. The summed E-state index contributed by atoms with van der Waals surface area (Å²) < 4.78 is 25.5. The zero-order valence-electron chi connectivity index (χ0n) is 22.3. The third kappa shape index (κ3) is 4.94. The monoisotopic (exact) mass is 620 g/mol. The number of aromatic nitrogens is 8. The van der Waals surface area contributed by atoms with E-state index in [0.29, 0.717) is 39.7 Å². The number of imidazole rings is 2. The van der Waals surface area contributed by atoms with Crippen LogP contribution in [0.2, 0.25) is 0 Å². The highest BCUT2D eigenvalue weighted by atomic mass is 32.2. The van der Waals surface area contributed by atoms with Crippen molar-refractivity contribution in [3.05, 3.63) is 25.3 Å². The van der Waals surface area contributed by atoms with Crippen molar-refractivity contribution in [2.75, 3.05) is 35.5 Å². The smallest absolute Gasteiger partial charge is 0.424 e. The minimum absolute atomic E-state index is 0.243. The Kier molecular flexibility index (Phi) is 7.94. The lowest BCUT2D eigenvalue weighted by Gasteiger charge is -2.17. The van der Waals surface area contributed by atoms with Crippen molar-refractivity contribution in [3.8, 4) is 0 Å². The van der Waals surface area contributed by atoms with Crippen molar-refractivity contribution < 1.29 is 34.0 Å². The summed E-state index contributed by atoms with van der Waals surface area (Å²) in [6.07, 6.45) is 4.04. The zero-order valence-corrected chi connectivity index (χ0v) is 24.0. The molecule has 7 rings (SSSR count). The number of hydrogen-bond donors (Lipinski definition) is 4. The zero-order chi connectivity index (χ0) is 29.5. The predicted octanol–water partition coefficient (Wildman–Crippen LogP) is -0.0364. The Morgan fingerprint density at radius 2 is 1.29 bits per heavy atom. The van der Waals surface area contributed by atoms with Crippen molar-refractivity contribution in [2.45, 2.75) is 49.1 Å². The van der Waals surface area contributed by atoms with Crippen molar-refractivity contribution in [1.29, 1.82) is 0 Å². The maximum Gasteiger partial charge on any atom is 0.509 e. The highest BCUT2D eigenvalue weighted by Gasteiger charge is 2.55. The molecule has 8 atom stereocenters. The number of thioether (sulfide) groups is 2. The SMILES string of the molecule is CSC[C@H]1O[C@@H](n2cnc3c(N)ncnc32)[C@@H]2OC(=O)O[C@@H]21.CSC[C@H]1O[C@@H](n2cnc3c(N)ncnc32)[C@H](O)[C@@H]1O. The fourth-order valence-electron chi connectivity index (χ4n) is 5.12. The average molecular weight is 621 g/mol. The van der Waals surface area contributed by atoms with Gasteiger partial charge in [0.15, 0.2) is 47.6 Å². The number of carbonyl (C=O) groups is 1. The first kappa shape index (κ1) is 28.6. The van der Waals surface area contributed by atoms with Crippen LogP contribution < -0.4 is 11.5 Å². The molecule has 0 unspecified atom stereocenters. The maximum absolute atomic E-state index is 11.5. The number of nitrogens with two attached hydrogens (primary N) is 2. The summed E-state index contributed by atoms with van der Waals surface area (Å²) in [7, 11) is 0. The fraction of sp³-hybridized carbons (Fsp3) is 0.522. The highest BCUT2D eigenvalue weighted by Crippen LogP contribution is 2.40. The van der Waals surface area contributed by atoms with Gasteiger partial charge in [0.25, 0.3) is 0 Å². The summed E-state index contributed by atoms with van der Waals surface area (Å²) in [5.74, 6) is 1.84. The van der Waals surface area contributed by atoms with E-state index in [1.54, 1.807) is 39.0 Å². The van der Waals surface area contributed by atoms with E-state index in [4.69, 9.17) is 30.4 Å². The van der Waals surface area contributed by atoms with Gasteiger partial charge in [-0.25, -0.2) is 34.7 Å². The van der Waals surface area contributed by atoms with Crippen LogP contribution in [0.1, 0.15) is 12.5 Å². The molecule has 3 fully saturated rings. The van der Waals surface area contributed by atoms with E-state index in [1.165, 1.54) is 19.0 Å². The second-order valence-electron chi connectivity index (χ2n) is 9.60. The largest absolute Gasteiger partial charge is 0.509 e. The van der Waals surface area contributed by atoms with Gasteiger partial charge in [-0.15, -0.1) is 0 Å². The maximum atomic E-state index is 11.5. The lowest BCUT2D eigenvalue weighted by molar-refractivity contribution is -0.0466. The molecule has 3 aliphatic heterocycles. The minimum atomic E-state index is -1.04. The third-order valence-corrected chi connectivity index (χ3v) is 8.40. The topological polar surface area (TPSA) is 234 Å². The summed E-state index contributed by atoms with van der Waals surface area (Å²) in [6.45, 7) is 0. The molecule has 4 aromatic rings. The summed E-state index contributed by atoms with van der Waals surface area (Å²) in [4.78, 5) is 35.9. The first-order chi connectivity index (χ1) is 20.3. The second-order valence-corrected chi connectivity index (χ2v) is 11.4. The highest BCUT2D eigenvalue weighted by molar-refractivity contribution is 7.98. The van der Waals surface area contributed by atoms with E-state index < -0.39 is 49.1 Å². The van der Waals surface area contributed by atoms with Gasteiger partial charge in [0.2, 0.25) is 0 Å². The molecule has 224 valence electrons. The number of anilines is 2. The summed E-state index contributed by atoms with van der Waals surface area (Å²) >= 11 is 3.16. The molecule has 0 bridgehead atoms. The van der Waals surface area contributed by atoms with Gasteiger partial charge in [0.05, 0.1) is 18.8 Å². The van der Waals surface area contributed by atoms with Crippen molar-refractivity contribution in [2.24, 2.45) is 0 Å². The number of aliphatic hydroxyl groups excluding tert-OH is 2. The Hall–Kier alpha value is -3.49. The molecule has 42 heavy (non-hydrogen) atoms. The van der Waals surface area contributed by atoms with Gasteiger partial charge in [-0.1, -0.05) is 0 Å². The van der Waals surface area contributed by atoms with Gasteiger partial charge in [-0.2, -0.15) is 23.5 Å². The van der Waals surface area contributed by atoms with Gasteiger partial charge in [0, 0.05) is 11.5 Å². The number of carbonyl (C=O) groups excluding carboxylic acids is 1. The van der Waals surface area contributed by atoms with E-state index in [1.807, 2.05) is 12.5 Å². The Labute approximate surface area is 246 Å². The lowest BCUT2D eigenvalue weighted by Crippen LogP contribution is -2.32. The molecule has 0 aromatic carbocycles. The van der Waals surface area contributed by atoms with E-state index in [2.05, 4.69) is 29.9 Å². The molecule has 7 heterocycles. The fourth-order valence-corrected chi connectivity index (χ4v) is 6.32. The van der Waals surface area contributed by atoms with Crippen molar-refractivity contribution in [1.82, 2.24) is 39.0 Å². The van der Waals surface area contributed by atoms with Crippen LogP contribution >= 0.6 is 23.5 Å². The number of nitrogen functional groups attached to an aromatic ring is 2. The van der Waals surface area contributed by atoms with Crippen LogP contribution in [0.15, 0.2) is 25.3 Å². The molecule has 0 aliphatic carbocycles. The van der Waals surface area contributed by atoms with Crippen molar-refractivity contribution >= 4 is 63.6 Å². The van der Waals surface area contributed by atoms with Crippen LogP contribution in [-0.4, -0.2) is 116 Å². The molecule has 3 saturated heterocycles. The summed E-state index contributed by atoms with van der Waals surface area (Å²) in [5, 5.41) is 20.2. The number of hydrogen-bond acceptors (Lipinski definition) is 17. The number of ether oxygens (including phenoxy) is 4.